The van der Waals surface area contributed by atoms with Crippen LogP contribution in [0.25, 0.3) is 6.08 Å². The molecule has 2 amide bonds. The van der Waals surface area contributed by atoms with Crippen LogP contribution in [-0.4, -0.2) is 27.9 Å². The second-order valence-corrected chi connectivity index (χ2v) is 7.56. The van der Waals surface area contributed by atoms with Crippen LogP contribution in [0.2, 0.25) is 0 Å². The van der Waals surface area contributed by atoms with Gasteiger partial charge in [0.15, 0.2) is 5.17 Å². The third kappa shape index (κ3) is 4.89. The molecule has 9 heteroatoms. The number of carbonyl (C=O) groups is 2. The van der Waals surface area contributed by atoms with Gasteiger partial charge in [-0.3, -0.25) is 19.8 Å². The van der Waals surface area contributed by atoms with Crippen molar-refractivity contribution in [2.45, 2.75) is 6.92 Å². The highest BCUT2D eigenvalue weighted by atomic mass is 32.2. The van der Waals surface area contributed by atoms with E-state index in [0.29, 0.717) is 16.5 Å². The number of halogens is 1. The van der Waals surface area contributed by atoms with Crippen molar-refractivity contribution in [3.8, 4) is 0 Å². The molecule has 0 saturated carbocycles. The molecule has 1 aromatic heterocycles. The SMILES string of the molecule is Cc1cc(NC(=O)CSC2=N/C(=C\c3ccccc3)C(=O)N2c2ccc(F)cc2)on1. The number of anilines is 2. The van der Waals surface area contributed by atoms with Gasteiger partial charge in [-0.15, -0.1) is 0 Å². The van der Waals surface area contributed by atoms with Gasteiger partial charge in [-0.05, 0) is 42.8 Å². The van der Waals surface area contributed by atoms with Crippen molar-refractivity contribution >= 4 is 46.4 Å². The van der Waals surface area contributed by atoms with Crippen molar-refractivity contribution in [2.24, 2.45) is 4.99 Å². The quantitative estimate of drug-likeness (QED) is 0.605. The molecule has 0 spiro atoms. The van der Waals surface area contributed by atoms with Gasteiger partial charge in [0.25, 0.3) is 5.91 Å². The molecule has 0 radical (unpaired) electrons. The van der Waals surface area contributed by atoms with Gasteiger partial charge in [-0.1, -0.05) is 47.3 Å². The van der Waals surface area contributed by atoms with E-state index in [1.165, 1.54) is 29.2 Å². The summed E-state index contributed by atoms with van der Waals surface area (Å²) in [7, 11) is 0. The smallest absolute Gasteiger partial charge is 0.283 e. The molecular weight excluding hydrogens is 419 g/mol. The number of carbonyl (C=O) groups excluding carboxylic acids is 2. The van der Waals surface area contributed by atoms with Crippen molar-refractivity contribution in [3.05, 3.63) is 83.4 Å². The lowest BCUT2D eigenvalue weighted by molar-refractivity contribution is -0.114. The number of nitrogens with one attached hydrogen (secondary N) is 1. The first kappa shape index (κ1) is 20.5. The van der Waals surface area contributed by atoms with Gasteiger partial charge in [-0.25, -0.2) is 9.38 Å². The topological polar surface area (TPSA) is 87.8 Å². The number of thioether (sulfide) groups is 1. The molecule has 0 aliphatic carbocycles. The summed E-state index contributed by atoms with van der Waals surface area (Å²) in [6, 6.07) is 16.4. The Morgan fingerprint density at radius 1 is 1.19 bits per heavy atom. The first-order chi connectivity index (χ1) is 15.0. The molecule has 0 saturated heterocycles. The van der Waals surface area contributed by atoms with Gasteiger partial charge in [-0.2, -0.15) is 0 Å². The molecule has 3 aromatic rings. The zero-order chi connectivity index (χ0) is 21.8. The summed E-state index contributed by atoms with van der Waals surface area (Å²) in [5.74, 6) is -0.877. The van der Waals surface area contributed by atoms with Crippen LogP contribution in [0, 0.1) is 12.7 Å². The average molecular weight is 436 g/mol. The fourth-order valence-electron chi connectivity index (χ4n) is 2.84. The minimum atomic E-state index is -0.414. The molecule has 1 aliphatic rings. The Balaban J connectivity index is 1.56. The second kappa shape index (κ2) is 8.97. The number of aromatic nitrogens is 1. The van der Waals surface area contributed by atoms with Crippen molar-refractivity contribution in [1.29, 1.82) is 0 Å². The number of rotatable bonds is 5. The Labute approximate surface area is 181 Å². The van der Waals surface area contributed by atoms with E-state index in [1.54, 1.807) is 19.1 Å². The first-order valence-corrected chi connectivity index (χ1v) is 10.3. The Morgan fingerprint density at radius 2 is 1.94 bits per heavy atom. The number of hydrogen-bond acceptors (Lipinski definition) is 6. The van der Waals surface area contributed by atoms with Gasteiger partial charge in [0.05, 0.1) is 17.1 Å². The van der Waals surface area contributed by atoms with E-state index in [0.717, 1.165) is 17.3 Å². The van der Waals surface area contributed by atoms with Gasteiger partial charge in [0, 0.05) is 6.07 Å². The summed E-state index contributed by atoms with van der Waals surface area (Å²) in [5, 5.41) is 6.64. The largest absolute Gasteiger partial charge is 0.338 e. The van der Waals surface area contributed by atoms with Crippen LogP contribution in [0.3, 0.4) is 0 Å². The first-order valence-electron chi connectivity index (χ1n) is 9.31. The molecule has 2 heterocycles. The maximum atomic E-state index is 13.4. The molecule has 0 unspecified atom stereocenters. The zero-order valence-electron chi connectivity index (χ0n) is 16.4. The average Bonchev–Trinajstić information content (AvgIpc) is 3.30. The molecule has 2 aromatic carbocycles. The number of aliphatic imine (C=N–C) groups is 1. The van der Waals surface area contributed by atoms with E-state index in [9.17, 15) is 14.0 Å². The normalized spacial score (nSPS) is 14.8. The minimum Gasteiger partial charge on any atom is -0.338 e. The van der Waals surface area contributed by atoms with Crippen LogP contribution in [-0.2, 0) is 9.59 Å². The molecule has 1 N–H and O–H groups in total. The van der Waals surface area contributed by atoms with Crippen LogP contribution < -0.4 is 10.2 Å². The number of aryl methyl sites for hydroxylation is 1. The Bertz CT molecular complexity index is 1170. The molecule has 0 fully saturated rings. The molecular formula is C22H17FN4O3S. The summed E-state index contributed by atoms with van der Waals surface area (Å²) in [4.78, 5) is 31.1. The molecule has 31 heavy (non-hydrogen) atoms. The van der Waals surface area contributed by atoms with Gasteiger partial charge in [0.1, 0.15) is 11.5 Å². The van der Waals surface area contributed by atoms with Crippen molar-refractivity contribution in [3.63, 3.8) is 0 Å². The van der Waals surface area contributed by atoms with Crippen LogP contribution in [0.4, 0.5) is 16.0 Å². The Morgan fingerprint density at radius 3 is 2.61 bits per heavy atom. The van der Waals surface area contributed by atoms with Crippen molar-refractivity contribution in [1.82, 2.24) is 5.16 Å². The summed E-state index contributed by atoms with van der Waals surface area (Å²) in [6.07, 6.45) is 1.67. The van der Waals surface area contributed by atoms with Crippen molar-refractivity contribution < 1.29 is 18.5 Å². The molecule has 0 bridgehead atoms. The maximum absolute atomic E-state index is 13.4. The molecule has 156 valence electrons. The fourth-order valence-corrected chi connectivity index (χ4v) is 3.66. The standard InChI is InChI=1S/C22H17FN4O3S/c1-14-11-20(30-26-14)25-19(28)13-31-22-24-18(12-15-5-3-2-4-6-15)21(29)27(22)17-9-7-16(23)8-10-17/h2-12H,13H2,1H3,(H,25,28)/b18-12-. The number of hydrogen-bond donors (Lipinski definition) is 1. The third-order valence-electron chi connectivity index (χ3n) is 4.24. The zero-order valence-corrected chi connectivity index (χ0v) is 17.2. The molecule has 7 nitrogen and oxygen atoms in total. The van der Waals surface area contributed by atoms with E-state index in [1.807, 2.05) is 30.3 Å². The maximum Gasteiger partial charge on any atom is 0.283 e. The lowest BCUT2D eigenvalue weighted by Gasteiger charge is -2.17. The van der Waals surface area contributed by atoms with Gasteiger partial charge >= 0.3 is 0 Å². The minimum absolute atomic E-state index is 0.0117. The van der Waals surface area contributed by atoms with E-state index >= 15 is 0 Å². The monoisotopic (exact) mass is 436 g/mol. The van der Waals surface area contributed by atoms with Gasteiger partial charge < -0.3 is 4.52 Å². The summed E-state index contributed by atoms with van der Waals surface area (Å²) in [5.41, 5.74) is 2.15. The van der Waals surface area contributed by atoms with Crippen LogP contribution >= 0.6 is 11.8 Å². The molecule has 0 atom stereocenters. The van der Waals surface area contributed by atoms with Crippen molar-refractivity contribution in [2.75, 3.05) is 16.0 Å². The van der Waals surface area contributed by atoms with E-state index in [-0.39, 0.29) is 29.1 Å². The van der Waals surface area contributed by atoms with Crippen LogP contribution in [0.15, 0.2) is 75.9 Å². The number of amides is 2. The lowest BCUT2D eigenvalue weighted by Crippen LogP contribution is -2.31. The predicted octanol–water partition coefficient (Wildman–Crippen LogP) is 4.24. The third-order valence-corrected chi connectivity index (χ3v) is 5.18. The van der Waals surface area contributed by atoms with Gasteiger partial charge in [0.2, 0.25) is 11.8 Å². The molecule has 1 aliphatic heterocycles. The Hall–Kier alpha value is -3.72. The highest BCUT2D eigenvalue weighted by Crippen LogP contribution is 2.29. The second-order valence-electron chi connectivity index (χ2n) is 6.62. The van der Waals surface area contributed by atoms with E-state index in [2.05, 4.69) is 15.5 Å². The summed E-state index contributed by atoms with van der Waals surface area (Å²) in [6.45, 7) is 1.74. The van der Waals surface area contributed by atoms with Crippen LogP contribution in [0.1, 0.15) is 11.3 Å². The molecule has 4 rings (SSSR count). The number of amidine groups is 1. The van der Waals surface area contributed by atoms with E-state index < -0.39 is 5.82 Å². The fraction of sp³-hybridized carbons (Fsp3) is 0.0909. The number of nitrogens with zero attached hydrogens (tertiary/aromatic N) is 3. The summed E-state index contributed by atoms with van der Waals surface area (Å²) >= 11 is 1.09. The van der Waals surface area contributed by atoms with E-state index in [4.69, 9.17) is 4.52 Å². The van der Waals surface area contributed by atoms with Crippen LogP contribution in [0.5, 0.6) is 0 Å². The highest BCUT2D eigenvalue weighted by Gasteiger charge is 2.32. The predicted molar refractivity (Wildman–Crippen MR) is 118 cm³/mol. The highest BCUT2D eigenvalue weighted by molar-refractivity contribution is 8.14. The number of benzene rings is 2. The lowest BCUT2D eigenvalue weighted by atomic mass is 10.2. The Kier molecular flexibility index (Phi) is 5.94. The summed E-state index contributed by atoms with van der Waals surface area (Å²) < 4.78 is 18.4.